The van der Waals surface area contributed by atoms with Gasteiger partial charge < -0.3 is 5.32 Å². The molecule has 1 N–H and O–H groups in total. The summed E-state index contributed by atoms with van der Waals surface area (Å²) in [5, 5.41) is 4.43. The molecule has 2 rings (SSSR count). The van der Waals surface area contributed by atoms with Gasteiger partial charge in [-0.3, -0.25) is 0 Å². The molecule has 0 saturated carbocycles. The van der Waals surface area contributed by atoms with Crippen molar-refractivity contribution < 1.29 is 0 Å². The highest BCUT2D eigenvalue weighted by molar-refractivity contribution is 9.11. The lowest BCUT2D eigenvalue weighted by atomic mass is 10.3. The summed E-state index contributed by atoms with van der Waals surface area (Å²) in [6.07, 6.45) is 0. The lowest BCUT2D eigenvalue weighted by Crippen LogP contribution is -1.96. The highest BCUT2D eigenvalue weighted by atomic mass is 79.9. The van der Waals surface area contributed by atoms with Crippen molar-refractivity contribution in [3.8, 4) is 0 Å². The van der Waals surface area contributed by atoms with E-state index in [9.17, 15) is 0 Å². The van der Waals surface area contributed by atoms with Gasteiger partial charge in [-0.2, -0.15) is 0 Å². The minimum absolute atomic E-state index is 0.569. The minimum Gasteiger partial charge on any atom is -0.380 e. The topological polar surface area (TPSA) is 12.0 Å². The monoisotopic (exact) mass is 335 g/mol. The first-order valence-corrected chi connectivity index (χ1v) is 6.95. The van der Waals surface area contributed by atoms with Gasteiger partial charge in [0.05, 0.1) is 13.8 Å². The maximum Gasteiger partial charge on any atom is 0.0702 e. The van der Waals surface area contributed by atoms with Gasteiger partial charge >= 0.3 is 0 Å². The van der Waals surface area contributed by atoms with Crippen molar-refractivity contribution in [2.45, 2.75) is 6.54 Å². The Hall–Kier alpha value is -0.220. The van der Waals surface area contributed by atoms with E-state index in [0.717, 1.165) is 16.0 Å². The second-order valence-corrected chi connectivity index (χ2v) is 6.55. The third kappa shape index (κ3) is 3.14. The van der Waals surface area contributed by atoms with Gasteiger partial charge in [-0.05, 0) is 46.3 Å². The maximum atomic E-state index is 5.92. The number of thiophene rings is 1. The van der Waals surface area contributed by atoms with E-state index < -0.39 is 0 Å². The van der Waals surface area contributed by atoms with E-state index in [0.29, 0.717) is 10.0 Å². The second-order valence-electron chi connectivity index (χ2n) is 3.19. The Morgan fingerprint density at radius 3 is 2.56 bits per heavy atom. The third-order valence-electron chi connectivity index (χ3n) is 2.02. The van der Waals surface area contributed by atoms with Crippen LogP contribution in [0.15, 0.2) is 34.1 Å². The Kier molecular flexibility index (Phi) is 4.14. The lowest BCUT2D eigenvalue weighted by molar-refractivity contribution is 1.19. The summed E-state index contributed by atoms with van der Waals surface area (Å²) in [7, 11) is 0. The van der Waals surface area contributed by atoms with Crippen LogP contribution in [0.2, 0.25) is 10.0 Å². The lowest BCUT2D eigenvalue weighted by Gasteiger charge is -2.05. The summed E-state index contributed by atoms with van der Waals surface area (Å²) in [5.41, 5.74) is 0.971. The Bertz CT molecular complexity index is 498. The summed E-state index contributed by atoms with van der Waals surface area (Å²) in [5.74, 6) is 0. The van der Waals surface area contributed by atoms with Gasteiger partial charge in [0, 0.05) is 17.1 Å². The van der Waals surface area contributed by atoms with E-state index in [-0.39, 0.29) is 0 Å². The molecule has 0 spiro atoms. The molecular weight excluding hydrogens is 329 g/mol. The summed E-state index contributed by atoms with van der Waals surface area (Å²) >= 11 is 16.9. The number of hydrogen-bond donors (Lipinski definition) is 1. The highest BCUT2D eigenvalue weighted by Gasteiger charge is 2.00. The number of nitrogens with one attached hydrogen (secondary N) is 1. The molecule has 0 saturated heterocycles. The van der Waals surface area contributed by atoms with Crippen LogP contribution in [0.1, 0.15) is 4.88 Å². The molecule has 0 radical (unpaired) electrons. The van der Waals surface area contributed by atoms with Crippen LogP contribution in [0, 0.1) is 0 Å². The van der Waals surface area contributed by atoms with Gasteiger partial charge in [-0.25, -0.2) is 0 Å². The van der Waals surface area contributed by atoms with E-state index >= 15 is 0 Å². The molecule has 16 heavy (non-hydrogen) atoms. The van der Waals surface area contributed by atoms with Gasteiger partial charge in [0.2, 0.25) is 0 Å². The van der Waals surface area contributed by atoms with Crippen LogP contribution in [0.5, 0.6) is 0 Å². The summed E-state index contributed by atoms with van der Waals surface area (Å²) in [6.45, 7) is 0.786. The molecule has 5 heteroatoms. The van der Waals surface area contributed by atoms with Crippen molar-refractivity contribution in [2.75, 3.05) is 5.32 Å². The van der Waals surface area contributed by atoms with Crippen molar-refractivity contribution in [1.29, 1.82) is 0 Å². The fraction of sp³-hybridized carbons (Fsp3) is 0.0909. The molecule has 0 unspecified atom stereocenters. The van der Waals surface area contributed by atoms with Crippen molar-refractivity contribution in [2.24, 2.45) is 0 Å². The first kappa shape index (κ1) is 12.2. The van der Waals surface area contributed by atoms with Crippen LogP contribution in [-0.4, -0.2) is 0 Å². The zero-order chi connectivity index (χ0) is 11.5. The SMILES string of the molecule is Clc1ccc(NCc2ccc(Br)s2)cc1Cl. The number of hydrogen-bond acceptors (Lipinski definition) is 2. The van der Waals surface area contributed by atoms with Crippen molar-refractivity contribution in [3.05, 3.63) is 49.0 Å². The zero-order valence-electron chi connectivity index (χ0n) is 8.14. The quantitative estimate of drug-likeness (QED) is 0.788. The van der Waals surface area contributed by atoms with E-state index in [1.807, 2.05) is 18.2 Å². The number of halogens is 3. The molecule has 1 aromatic heterocycles. The van der Waals surface area contributed by atoms with E-state index in [1.165, 1.54) is 4.88 Å². The second kappa shape index (κ2) is 5.41. The third-order valence-corrected chi connectivity index (χ3v) is 4.38. The van der Waals surface area contributed by atoms with Crippen LogP contribution < -0.4 is 5.32 Å². The van der Waals surface area contributed by atoms with Crippen LogP contribution in [0.3, 0.4) is 0 Å². The average Bonchev–Trinajstić information content (AvgIpc) is 2.66. The average molecular weight is 337 g/mol. The fourth-order valence-corrected chi connectivity index (χ4v) is 2.96. The summed E-state index contributed by atoms with van der Waals surface area (Å²) < 4.78 is 1.14. The van der Waals surface area contributed by atoms with E-state index in [1.54, 1.807) is 17.4 Å². The van der Waals surface area contributed by atoms with E-state index in [4.69, 9.17) is 23.2 Å². The largest absolute Gasteiger partial charge is 0.380 e. The maximum absolute atomic E-state index is 5.92. The standard InChI is InChI=1S/C11H8BrCl2NS/c12-11-4-2-8(16-11)6-15-7-1-3-9(13)10(14)5-7/h1-5,15H,6H2. The Balaban J connectivity index is 2.02. The van der Waals surface area contributed by atoms with Gasteiger partial charge in [0.25, 0.3) is 0 Å². The zero-order valence-corrected chi connectivity index (χ0v) is 12.1. The van der Waals surface area contributed by atoms with Crippen molar-refractivity contribution in [1.82, 2.24) is 0 Å². The highest BCUT2D eigenvalue weighted by Crippen LogP contribution is 2.26. The molecule has 0 bridgehead atoms. The molecular formula is C11H8BrCl2NS. The Morgan fingerprint density at radius 1 is 1.12 bits per heavy atom. The predicted octanol–water partition coefficient (Wildman–Crippen LogP) is 5.43. The van der Waals surface area contributed by atoms with Crippen LogP contribution in [-0.2, 0) is 6.54 Å². The molecule has 0 fully saturated rings. The van der Waals surface area contributed by atoms with Gasteiger partial charge in [0.1, 0.15) is 0 Å². The first-order valence-electron chi connectivity index (χ1n) is 4.58. The molecule has 84 valence electrons. The molecule has 0 atom stereocenters. The number of rotatable bonds is 3. The molecule has 0 aliphatic heterocycles. The normalized spacial score (nSPS) is 10.4. The smallest absolute Gasteiger partial charge is 0.0702 e. The van der Waals surface area contributed by atoms with Gasteiger partial charge in [-0.1, -0.05) is 23.2 Å². The van der Waals surface area contributed by atoms with Crippen molar-refractivity contribution >= 4 is 56.2 Å². The molecule has 0 aliphatic carbocycles. The minimum atomic E-state index is 0.569. The van der Waals surface area contributed by atoms with Gasteiger partial charge in [-0.15, -0.1) is 11.3 Å². The Labute approximate surface area is 117 Å². The predicted molar refractivity (Wildman–Crippen MR) is 75.8 cm³/mol. The number of anilines is 1. The summed E-state index contributed by atoms with van der Waals surface area (Å²) in [6, 6.07) is 9.65. The van der Waals surface area contributed by atoms with Crippen LogP contribution in [0.4, 0.5) is 5.69 Å². The van der Waals surface area contributed by atoms with Crippen molar-refractivity contribution in [3.63, 3.8) is 0 Å². The van der Waals surface area contributed by atoms with Crippen LogP contribution >= 0.6 is 50.5 Å². The molecule has 1 heterocycles. The molecule has 1 aromatic carbocycles. The molecule has 1 nitrogen and oxygen atoms in total. The molecule has 0 aliphatic rings. The number of benzene rings is 1. The molecule has 2 aromatic rings. The summed E-state index contributed by atoms with van der Waals surface area (Å²) in [4.78, 5) is 1.26. The first-order chi connectivity index (χ1) is 7.65. The van der Waals surface area contributed by atoms with Crippen LogP contribution in [0.25, 0.3) is 0 Å². The van der Waals surface area contributed by atoms with E-state index in [2.05, 4.69) is 27.3 Å². The van der Waals surface area contributed by atoms with Gasteiger partial charge in [0.15, 0.2) is 0 Å². The Morgan fingerprint density at radius 2 is 1.94 bits per heavy atom. The molecule has 0 amide bonds. The fourth-order valence-electron chi connectivity index (χ4n) is 1.24.